The van der Waals surface area contributed by atoms with Gasteiger partial charge in [-0.15, -0.1) is 0 Å². The van der Waals surface area contributed by atoms with Crippen molar-refractivity contribution in [2.24, 2.45) is 7.05 Å². The van der Waals surface area contributed by atoms with E-state index in [9.17, 15) is 4.79 Å². The maximum Gasteiger partial charge on any atom is 0.287 e. The van der Waals surface area contributed by atoms with Crippen molar-refractivity contribution in [2.75, 3.05) is 37.6 Å². The third kappa shape index (κ3) is 3.86. The number of aromatic nitrogens is 2. The lowest BCUT2D eigenvalue weighted by atomic mass is 10.2. The highest BCUT2D eigenvalue weighted by atomic mass is 35.5. The molecule has 1 aromatic carbocycles. The number of piperazine rings is 1. The van der Waals surface area contributed by atoms with E-state index in [0.29, 0.717) is 0 Å². The van der Waals surface area contributed by atoms with E-state index in [1.165, 1.54) is 10.2 Å². The maximum absolute atomic E-state index is 11.9. The van der Waals surface area contributed by atoms with Gasteiger partial charge in [0.1, 0.15) is 5.02 Å². The molecule has 0 unspecified atom stereocenters. The van der Waals surface area contributed by atoms with Crippen molar-refractivity contribution in [1.82, 2.24) is 14.7 Å². The first kappa shape index (κ1) is 16.7. The molecule has 24 heavy (non-hydrogen) atoms. The lowest BCUT2D eigenvalue weighted by Gasteiger charge is -2.35. The Morgan fingerprint density at radius 2 is 1.88 bits per heavy atom. The van der Waals surface area contributed by atoms with Crippen LogP contribution in [-0.4, -0.2) is 47.4 Å². The first-order chi connectivity index (χ1) is 11.6. The van der Waals surface area contributed by atoms with Crippen molar-refractivity contribution in [3.8, 4) is 0 Å². The largest absolute Gasteiger partial charge is 0.366 e. The summed E-state index contributed by atoms with van der Waals surface area (Å²) in [6.45, 7) is 4.47. The summed E-state index contributed by atoms with van der Waals surface area (Å²) in [5.74, 6) is 0. The number of nitrogens with zero attached hydrogens (tertiary/aromatic N) is 4. The van der Waals surface area contributed by atoms with Crippen LogP contribution in [0.25, 0.3) is 6.08 Å². The summed E-state index contributed by atoms with van der Waals surface area (Å²) < 4.78 is 1.26. The van der Waals surface area contributed by atoms with Gasteiger partial charge in [-0.1, -0.05) is 54.1 Å². The van der Waals surface area contributed by atoms with E-state index in [2.05, 4.69) is 39.2 Å². The molecule has 1 aliphatic rings. The average Bonchev–Trinajstić information content (AvgIpc) is 2.62. The number of anilines is 1. The smallest absolute Gasteiger partial charge is 0.287 e. The van der Waals surface area contributed by atoms with E-state index in [1.54, 1.807) is 13.2 Å². The van der Waals surface area contributed by atoms with Crippen LogP contribution in [0.4, 0.5) is 5.69 Å². The molecule has 0 saturated carbocycles. The van der Waals surface area contributed by atoms with Gasteiger partial charge in [0.25, 0.3) is 5.56 Å². The van der Waals surface area contributed by atoms with Crippen molar-refractivity contribution >= 4 is 23.4 Å². The van der Waals surface area contributed by atoms with Crippen LogP contribution in [0, 0.1) is 0 Å². The van der Waals surface area contributed by atoms with Gasteiger partial charge in [-0.2, -0.15) is 5.10 Å². The molecule has 6 heteroatoms. The normalized spacial score (nSPS) is 16.0. The summed E-state index contributed by atoms with van der Waals surface area (Å²) in [5, 5.41) is 4.32. The zero-order valence-electron chi connectivity index (χ0n) is 13.7. The minimum atomic E-state index is -0.248. The lowest BCUT2D eigenvalue weighted by molar-refractivity contribution is 0.284. The van der Waals surface area contributed by atoms with Gasteiger partial charge < -0.3 is 4.90 Å². The lowest BCUT2D eigenvalue weighted by Crippen LogP contribution is -2.47. The molecule has 0 radical (unpaired) electrons. The van der Waals surface area contributed by atoms with Crippen LogP contribution in [0.5, 0.6) is 0 Å². The van der Waals surface area contributed by atoms with Gasteiger partial charge in [0.15, 0.2) is 0 Å². The molecule has 1 aliphatic heterocycles. The third-order valence-corrected chi connectivity index (χ3v) is 4.60. The van der Waals surface area contributed by atoms with Crippen molar-refractivity contribution in [3.63, 3.8) is 0 Å². The van der Waals surface area contributed by atoms with Crippen LogP contribution in [0.3, 0.4) is 0 Å². The maximum atomic E-state index is 11.9. The predicted molar refractivity (Wildman–Crippen MR) is 98.6 cm³/mol. The minimum absolute atomic E-state index is 0.248. The summed E-state index contributed by atoms with van der Waals surface area (Å²) in [6.07, 6.45) is 6.01. The van der Waals surface area contributed by atoms with E-state index in [4.69, 9.17) is 11.6 Å². The fourth-order valence-corrected chi connectivity index (χ4v) is 3.09. The molecule has 5 nitrogen and oxygen atoms in total. The Labute approximate surface area is 146 Å². The van der Waals surface area contributed by atoms with Gasteiger partial charge in [-0.3, -0.25) is 9.69 Å². The molecule has 1 fully saturated rings. The molecule has 2 heterocycles. The molecule has 2 aromatic rings. The molecule has 3 rings (SSSR count). The predicted octanol–water partition coefficient (Wildman–Crippen LogP) is 2.27. The SMILES string of the molecule is Cn1ncc(N2CCN(CC=Cc3ccccc3)CC2)c(Cl)c1=O. The fraction of sp³-hybridized carbons (Fsp3) is 0.333. The molecular formula is C18H21ClN4O. The van der Waals surface area contributed by atoms with Crippen molar-refractivity contribution < 1.29 is 0 Å². The number of hydrogen-bond acceptors (Lipinski definition) is 4. The van der Waals surface area contributed by atoms with Crippen molar-refractivity contribution in [3.05, 3.63) is 63.5 Å². The topological polar surface area (TPSA) is 41.4 Å². The van der Waals surface area contributed by atoms with Gasteiger partial charge in [0.2, 0.25) is 0 Å². The zero-order chi connectivity index (χ0) is 16.9. The molecule has 0 bridgehead atoms. The van der Waals surface area contributed by atoms with Crippen LogP contribution in [0.1, 0.15) is 5.56 Å². The Bertz CT molecular complexity index is 764. The van der Waals surface area contributed by atoms with E-state index < -0.39 is 0 Å². The highest BCUT2D eigenvalue weighted by molar-refractivity contribution is 6.33. The van der Waals surface area contributed by atoms with Gasteiger partial charge in [0, 0.05) is 39.8 Å². The van der Waals surface area contributed by atoms with Gasteiger partial charge >= 0.3 is 0 Å². The molecule has 0 spiro atoms. The number of aryl methyl sites for hydroxylation is 1. The van der Waals surface area contributed by atoms with E-state index in [1.807, 2.05) is 18.2 Å². The van der Waals surface area contributed by atoms with E-state index in [0.717, 1.165) is 38.4 Å². The number of benzene rings is 1. The standard InChI is InChI=1S/C18H21ClN4O/c1-21-18(24)17(19)16(14-20-21)23-12-10-22(11-13-23)9-5-8-15-6-3-2-4-7-15/h2-8,14H,9-13H2,1H3. The van der Waals surface area contributed by atoms with E-state index >= 15 is 0 Å². The van der Waals surface area contributed by atoms with Gasteiger partial charge in [-0.05, 0) is 5.56 Å². The molecule has 1 saturated heterocycles. The minimum Gasteiger partial charge on any atom is -0.366 e. The second kappa shape index (κ2) is 7.64. The molecule has 1 aromatic heterocycles. The summed E-state index contributed by atoms with van der Waals surface area (Å²) in [4.78, 5) is 16.4. The van der Waals surface area contributed by atoms with Crippen LogP contribution >= 0.6 is 11.6 Å². The Morgan fingerprint density at radius 3 is 2.58 bits per heavy atom. The van der Waals surface area contributed by atoms with Crippen LogP contribution in [0.2, 0.25) is 5.02 Å². The van der Waals surface area contributed by atoms with Crippen LogP contribution in [-0.2, 0) is 7.05 Å². The quantitative estimate of drug-likeness (QED) is 0.853. The molecule has 0 aliphatic carbocycles. The second-order valence-electron chi connectivity index (χ2n) is 5.87. The van der Waals surface area contributed by atoms with Gasteiger partial charge in [0.05, 0.1) is 11.9 Å². The summed E-state index contributed by atoms with van der Waals surface area (Å²) in [6, 6.07) is 10.3. The third-order valence-electron chi connectivity index (χ3n) is 4.25. The Morgan fingerprint density at radius 1 is 1.17 bits per heavy atom. The van der Waals surface area contributed by atoms with Crippen LogP contribution < -0.4 is 10.5 Å². The van der Waals surface area contributed by atoms with Crippen LogP contribution in [0.15, 0.2) is 47.4 Å². The molecule has 126 valence electrons. The summed E-state index contributed by atoms with van der Waals surface area (Å²) in [7, 11) is 1.61. The first-order valence-electron chi connectivity index (χ1n) is 8.06. The molecule has 0 atom stereocenters. The number of halogens is 1. The summed E-state index contributed by atoms with van der Waals surface area (Å²) >= 11 is 6.18. The van der Waals surface area contributed by atoms with Gasteiger partial charge in [-0.25, -0.2) is 4.68 Å². The Hall–Kier alpha value is -2.11. The second-order valence-corrected chi connectivity index (χ2v) is 6.25. The monoisotopic (exact) mass is 344 g/mol. The number of hydrogen-bond donors (Lipinski definition) is 0. The molecular weight excluding hydrogens is 324 g/mol. The Balaban J connectivity index is 1.55. The zero-order valence-corrected chi connectivity index (χ0v) is 14.5. The number of rotatable bonds is 4. The Kier molecular flexibility index (Phi) is 5.33. The van der Waals surface area contributed by atoms with Crippen molar-refractivity contribution in [1.29, 1.82) is 0 Å². The molecule has 0 amide bonds. The fourth-order valence-electron chi connectivity index (χ4n) is 2.80. The van der Waals surface area contributed by atoms with Crippen molar-refractivity contribution in [2.45, 2.75) is 0 Å². The molecule has 0 N–H and O–H groups in total. The highest BCUT2D eigenvalue weighted by Crippen LogP contribution is 2.22. The van der Waals surface area contributed by atoms with E-state index in [-0.39, 0.29) is 10.6 Å². The summed E-state index contributed by atoms with van der Waals surface area (Å²) in [5.41, 5.74) is 1.70. The highest BCUT2D eigenvalue weighted by Gasteiger charge is 2.20. The first-order valence-corrected chi connectivity index (χ1v) is 8.43. The average molecular weight is 345 g/mol.